The fourth-order valence-electron chi connectivity index (χ4n) is 1.14. The number of hydrogen-bond donors (Lipinski definition) is 0. The van der Waals surface area contributed by atoms with Crippen molar-refractivity contribution in [2.24, 2.45) is 0 Å². The smallest absolute Gasteiger partial charge is 0.237 e. The molecule has 96 valence electrons. The molecule has 0 unspecified atom stereocenters. The molecule has 0 saturated carbocycles. The van der Waals surface area contributed by atoms with E-state index in [2.05, 4.69) is 0 Å². The highest BCUT2D eigenvalue weighted by Crippen LogP contribution is 2.09. The zero-order chi connectivity index (χ0) is 12.9. The van der Waals surface area contributed by atoms with Gasteiger partial charge in [0.25, 0.3) is 0 Å². The van der Waals surface area contributed by atoms with Gasteiger partial charge in [-0.2, -0.15) is 4.31 Å². The molecule has 0 rings (SSSR count). The van der Waals surface area contributed by atoms with Crippen molar-refractivity contribution in [3.63, 3.8) is 0 Å². The Morgan fingerprint density at radius 1 is 1.25 bits per heavy atom. The van der Waals surface area contributed by atoms with Crippen molar-refractivity contribution in [1.82, 2.24) is 9.21 Å². The second-order valence-electron chi connectivity index (χ2n) is 4.22. The highest BCUT2D eigenvalue weighted by atomic mass is 32.2. The summed E-state index contributed by atoms with van der Waals surface area (Å²) in [7, 11) is -0.105. The van der Waals surface area contributed by atoms with Crippen LogP contribution in [-0.2, 0) is 14.8 Å². The van der Waals surface area contributed by atoms with Crippen LogP contribution in [0.15, 0.2) is 0 Å². The Morgan fingerprint density at radius 3 is 2.06 bits per heavy atom. The summed E-state index contributed by atoms with van der Waals surface area (Å²) >= 11 is 0. The predicted molar refractivity (Wildman–Crippen MR) is 64.6 cm³/mol. The first-order chi connectivity index (χ1) is 7.23. The van der Waals surface area contributed by atoms with Crippen LogP contribution in [0.3, 0.4) is 0 Å². The van der Waals surface area contributed by atoms with E-state index in [9.17, 15) is 13.2 Å². The normalized spacial score (nSPS) is 12.2. The number of carbonyl (C=O) groups excluding carboxylic acids is 1. The van der Waals surface area contributed by atoms with Gasteiger partial charge in [0.15, 0.2) is 0 Å². The van der Waals surface area contributed by atoms with Crippen LogP contribution in [0.2, 0.25) is 0 Å². The standard InChI is InChI=1S/C10H22N2O3S/c1-6-7-12(8-10(13)11(4)5)16(14,15)9(2)3/h9H,6-8H2,1-5H3. The maximum Gasteiger partial charge on any atom is 0.237 e. The summed E-state index contributed by atoms with van der Waals surface area (Å²) in [4.78, 5) is 12.9. The molecule has 0 heterocycles. The topological polar surface area (TPSA) is 57.7 Å². The molecule has 0 N–H and O–H groups in total. The van der Waals surface area contributed by atoms with Crippen LogP contribution in [0, 0.1) is 0 Å². The number of sulfonamides is 1. The molecule has 0 aromatic carbocycles. The zero-order valence-corrected chi connectivity index (χ0v) is 11.5. The number of rotatable bonds is 6. The summed E-state index contributed by atoms with van der Waals surface area (Å²) in [5.74, 6) is -0.197. The number of likely N-dealkylation sites (N-methyl/N-ethyl adjacent to an activating group) is 1. The molecule has 0 radical (unpaired) electrons. The number of carbonyl (C=O) groups is 1. The lowest BCUT2D eigenvalue weighted by molar-refractivity contribution is -0.128. The van der Waals surface area contributed by atoms with Gasteiger partial charge in [0.2, 0.25) is 15.9 Å². The van der Waals surface area contributed by atoms with Crippen molar-refractivity contribution in [3.8, 4) is 0 Å². The van der Waals surface area contributed by atoms with Crippen LogP contribution < -0.4 is 0 Å². The molecule has 0 aliphatic heterocycles. The van der Waals surface area contributed by atoms with Gasteiger partial charge in [-0.3, -0.25) is 4.79 Å². The zero-order valence-electron chi connectivity index (χ0n) is 10.7. The average molecular weight is 250 g/mol. The van der Waals surface area contributed by atoms with Crippen LogP contribution >= 0.6 is 0 Å². The van der Waals surface area contributed by atoms with Crippen LogP contribution in [0.1, 0.15) is 27.2 Å². The Morgan fingerprint density at radius 2 is 1.75 bits per heavy atom. The fraction of sp³-hybridized carbons (Fsp3) is 0.900. The second kappa shape index (κ2) is 6.20. The van der Waals surface area contributed by atoms with E-state index in [0.717, 1.165) is 0 Å². The summed E-state index contributed by atoms with van der Waals surface area (Å²) < 4.78 is 25.1. The van der Waals surface area contributed by atoms with Gasteiger partial charge in [-0.1, -0.05) is 6.92 Å². The molecule has 0 aliphatic carbocycles. The molecule has 0 aromatic rings. The predicted octanol–water partition coefficient (Wildman–Crippen LogP) is 0.525. The molecule has 0 aromatic heterocycles. The first-order valence-corrected chi connectivity index (χ1v) is 6.92. The van der Waals surface area contributed by atoms with Gasteiger partial charge in [0.05, 0.1) is 11.8 Å². The van der Waals surface area contributed by atoms with Crippen LogP contribution in [0.5, 0.6) is 0 Å². The maximum atomic E-state index is 11.9. The lowest BCUT2D eigenvalue weighted by Gasteiger charge is -2.24. The molecular formula is C10H22N2O3S. The van der Waals surface area contributed by atoms with Gasteiger partial charge in [0.1, 0.15) is 0 Å². The Labute approximate surface area is 98.5 Å². The first-order valence-electron chi connectivity index (χ1n) is 5.42. The van der Waals surface area contributed by atoms with Gasteiger partial charge < -0.3 is 4.90 Å². The molecule has 0 atom stereocenters. The van der Waals surface area contributed by atoms with E-state index < -0.39 is 15.3 Å². The van der Waals surface area contributed by atoms with E-state index in [1.54, 1.807) is 27.9 Å². The number of amides is 1. The van der Waals surface area contributed by atoms with Crippen LogP contribution in [-0.4, -0.2) is 56.0 Å². The minimum atomic E-state index is -3.34. The van der Waals surface area contributed by atoms with E-state index in [1.807, 2.05) is 6.92 Å². The van der Waals surface area contributed by atoms with E-state index in [4.69, 9.17) is 0 Å². The van der Waals surface area contributed by atoms with Gasteiger partial charge >= 0.3 is 0 Å². The molecule has 0 bridgehead atoms. The third-order valence-electron chi connectivity index (χ3n) is 2.24. The van der Waals surface area contributed by atoms with Crippen LogP contribution in [0.4, 0.5) is 0 Å². The van der Waals surface area contributed by atoms with Crippen molar-refractivity contribution >= 4 is 15.9 Å². The van der Waals surface area contributed by atoms with Crippen molar-refractivity contribution < 1.29 is 13.2 Å². The SMILES string of the molecule is CCCN(CC(=O)N(C)C)S(=O)(=O)C(C)C. The summed E-state index contributed by atoms with van der Waals surface area (Å²) in [5.41, 5.74) is 0. The van der Waals surface area contributed by atoms with Gasteiger partial charge in [-0.25, -0.2) is 8.42 Å². The monoisotopic (exact) mass is 250 g/mol. The molecule has 6 heteroatoms. The van der Waals surface area contributed by atoms with E-state index >= 15 is 0 Å². The molecular weight excluding hydrogens is 228 g/mol. The third-order valence-corrected chi connectivity index (χ3v) is 4.46. The Kier molecular flexibility index (Phi) is 5.96. The molecule has 0 aliphatic rings. The highest BCUT2D eigenvalue weighted by molar-refractivity contribution is 7.89. The van der Waals surface area contributed by atoms with Crippen molar-refractivity contribution in [3.05, 3.63) is 0 Å². The maximum absolute atomic E-state index is 11.9. The van der Waals surface area contributed by atoms with E-state index in [-0.39, 0.29) is 12.5 Å². The molecule has 5 nitrogen and oxygen atoms in total. The summed E-state index contributed by atoms with van der Waals surface area (Å²) in [5, 5.41) is -0.492. The lowest BCUT2D eigenvalue weighted by Crippen LogP contribution is -2.43. The lowest BCUT2D eigenvalue weighted by atomic mass is 10.4. The third kappa shape index (κ3) is 4.09. The molecule has 16 heavy (non-hydrogen) atoms. The van der Waals surface area contributed by atoms with E-state index in [0.29, 0.717) is 13.0 Å². The summed E-state index contributed by atoms with van der Waals surface area (Å²) in [6.07, 6.45) is 0.701. The molecule has 0 spiro atoms. The van der Waals surface area contributed by atoms with Crippen LogP contribution in [0.25, 0.3) is 0 Å². The van der Waals surface area contributed by atoms with Crippen molar-refractivity contribution in [2.75, 3.05) is 27.2 Å². The van der Waals surface area contributed by atoms with Gasteiger partial charge in [-0.15, -0.1) is 0 Å². The molecule has 0 saturated heterocycles. The average Bonchev–Trinajstić information content (AvgIpc) is 2.16. The molecule has 0 fully saturated rings. The van der Waals surface area contributed by atoms with Crippen molar-refractivity contribution in [1.29, 1.82) is 0 Å². The minimum absolute atomic E-state index is 0.0681. The van der Waals surface area contributed by atoms with Crippen molar-refractivity contribution in [2.45, 2.75) is 32.4 Å². The van der Waals surface area contributed by atoms with Gasteiger partial charge in [-0.05, 0) is 20.3 Å². The Hall–Kier alpha value is -0.620. The fourth-order valence-corrected chi connectivity index (χ4v) is 2.46. The summed E-state index contributed by atoms with van der Waals surface area (Å²) in [6, 6.07) is 0. The Bertz CT molecular complexity index is 323. The highest BCUT2D eigenvalue weighted by Gasteiger charge is 2.27. The first kappa shape index (κ1) is 15.4. The van der Waals surface area contributed by atoms with Gasteiger partial charge in [0, 0.05) is 20.6 Å². The number of hydrogen-bond acceptors (Lipinski definition) is 3. The summed E-state index contributed by atoms with van der Waals surface area (Å²) in [6.45, 7) is 5.46. The minimum Gasteiger partial charge on any atom is -0.348 e. The largest absolute Gasteiger partial charge is 0.348 e. The quantitative estimate of drug-likeness (QED) is 0.691. The molecule has 1 amide bonds. The second-order valence-corrected chi connectivity index (χ2v) is 6.70. The van der Waals surface area contributed by atoms with E-state index in [1.165, 1.54) is 9.21 Å². The number of nitrogens with zero attached hydrogens (tertiary/aromatic N) is 2. The Balaban J connectivity index is 4.82.